The molecule has 0 spiro atoms. The highest BCUT2D eigenvalue weighted by atomic mass is 16.5. The quantitative estimate of drug-likeness (QED) is 0.791. The monoisotopic (exact) mass is 384 g/mol. The van der Waals surface area contributed by atoms with Crippen molar-refractivity contribution in [1.29, 1.82) is 0 Å². The summed E-state index contributed by atoms with van der Waals surface area (Å²) in [6.07, 6.45) is 4.10. The van der Waals surface area contributed by atoms with Crippen LogP contribution in [0.15, 0.2) is 24.5 Å². The zero-order valence-corrected chi connectivity index (χ0v) is 16.2. The van der Waals surface area contributed by atoms with Gasteiger partial charge >= 0.3 is 0 Å². The molecule has 1 saturated heterocycles. The highest BCUT2D eigenvalue weighted by Crippen LogP contribution is 2.33. The Hall–Kier alpha value is -2.87. The predicted octanol–water partition coefficient (Wildman–Crippen LogP) is 1.53. The van der Waals surface area contributed by atoms with Crippen LogP contribution in [0.25, 0.3) is 0 Å². The van der Waals surface area contributed by atoms with Gasteiger partial charge in [0.2, 0.25) is 5.95 Å². The zero-order valence-electron chi connectivity index (χ0n) is 16.2. The first-order chi connectivity index (χ1) is 13.7. The minimum atomic E-state index is -0.0457. The van der Waals surface area contributed by atoms with Crippen LogP contribution in [0.2, 0.25) is 0 Å². The molecule has 1 aromatic heterocycles. The van der Waals surface area contributed by atoms with Gasteiger partial charge in [-0.2, -0.15) is 0 Å². The number of morpholine rings is 1. The molecule has 1 aromatic carbocycles. The maximum atomic E-state index is 12.5. The van der Waals surface area contributed by atoms with Gasteiger partial charge in [-0.25, -0.2) is 9.97 Å². The van der Waals surface area contributed by atoms with Crippen molar-refractivity contribution in [3.63, 3.8) is 0 Å². The maximum absolute atomic E-state index is 12.5. The van der Waals surface area contributed by atoms with Gasteiger partial charge in [0.15, 0.2) is 11.5 Å². The molecule has 2 aliphatic heterocycles. The number of hydrogen-bond donors (Lipinski definition) is 0. The first-order valence-corrected chi connectivity index (χ1v) is 9.37. The number of fused-ring (bicyclic) bond motifs is 1. The molecule has 2 aliphatic rings. The topological polar surface area (TPSA) is 77.0 Å². The first-order valence-electron chi connectivity index (χ1n) is 9.37. The van der Waals surface area contributed by atoms with Crippen LogP contribution in [0.3, 0.4) is 0 Å². The van der Waals surface area contributed by atoms with Crippen molar-refractivity contribution in [1.82, 2.24) is 14.9 Å². The smallest absolute Gasteiger partial charge is 0.257 e. The first kappa shape index (κ1) is 18.5. The van der Waals surface area contributed by atoms with Crippen molar-refractivity contribution in [2.24, 2.45) is 0 Å². The Balaban J connectivity index is 1.49. The van der Waals surface area contributed by atoms with Gasteiger partial charge < -0.3 is 24.0 Å². The van der Waals surface area contributed by atoms with Crippen molar-refractivity contribution >= 4 is 11.9 Å². The molecule has 3 heterocycles. The van der Waals surface area contributed by atoms with E-state index in [1.54, 1.807) is 31.5 Å². The normalized spacial score (nSPS) is 16.5. The van der Waals surface area contributed by atoms with E-state index in [-0.39, 0.29) is 5.91 Å². The molecule has 8 heteroatoms. The fourth-order valence-electron chi connectivity index (χ4n) is 3.60. The summed E-state index contributed by atoms with van der Waals surface area (Å²) in [6.45, 7) is 3.85. The third kappa shape index (κ3) is 3.60. The van der Waals surface area contributed by atoms with E-state index in [2.05, 4.69) is 14.9 Å². The summed E-state index contributed by atoms with van der Waals surface area (Å²) in [5, 5.41) is 0. The number of amides is 1. The summed E-state index contributed by atoms with van der Waals surface area (Å²) < 4.78 is 16.1. The van der Waals surface area contributed by atoms with Crippen LogP contribution in [0.1, 0.15) is 21.5 Å². The molecule has 0 atom stereocenters. The van der Waals surface area contributed by atoms with Crippen molar-refractivity contribution < 1.29 is 19.0 Å². The van der Waals surface area contributed by atoms with E-state index in [0.29, 0.717) is 44.4 Å². The third-order valence-corrected chi connectivity index (χ3v) is 5.18. The molecular weight excluding hydrogens is 360 g/mol. The number of carbonyl (C=O) groups excluding carboxylic acids is 1. The Kier molecular flexibility index (Phi) is 5.29. The third-order valence-electron chi connectivity index (χ3n) is 5.18. The van der Waals surface area contributed by atoms with Crippen LogP contribution >= 0.6 is 0 Å². The van der Waals surface area contributed by atoms with Crippen LogP contribution in [-0.2, 0) is 17.7 Å². The summed E-state index contributed by atoms with van der Waals surface area (Å²) in [5.41, 5.74) is 2.92. The molecular formula is C20H24N4O4. The Morgan fingerprint density at radius 2 is 1.64 bits per heavy atom. The summed E-state index contributed by atoms with van der Waals surface area (Å²) in [5.74, 6) is 2.04. The van der Waals surface area contributed by atoms with Crippen molar-refractivity contribution in [2.45, 2.75) is 13.0 Å². The van der Waals surface area contributed by atoms with Gasteiger partial charge in [0.25, 0.3) is 5.91 Å². The lowest BCUT2D eigenvalue weighted by Crippen LogP contribution is -2.40. The van der Waals surface area contributed by atoms with E-state index in [1.165, 1.54) is 11.1 Å². The average Bonchev–Trinajstić information content (AvgIpc) is 2.78. The number of methoxy groups -OCH3 is 2. The Morgan fingerprint density at radius 1 is 1.00 bits per heavy atom. The van der Waals surface area contributed by atoms with Crippen molar-refractivity contribution in [2.75, 3.05) is 52.0 Å². The highest BCUT2D eigenvalue weighted by Gasteiger charge is 2.23. The molecule has 0 N–H and O–H groups in total. The number of nitrogens with zero attached hydrogens (tertiary/aromatic N) is 4. The van der Waals surface area contributed by atoms with Gasteiger partial charge in [0.1, 0.15) is 0 Å². The largest absolute Gasteiger partial charge is 0.493 e. The van der Waals surface area contributed by atoms with E-state index in [0.717, 1.165) is 24.5 Å². The molecule has 1 amide bonds. The van der Waals surface area contributed by atoms with E-state index in [4.69, 9.17) is 14.2 Å². The standard InChI is InChI=1S/C20H24N4O4/c1-26-17-9-14-3-4-24(13-15(14)10-18(17)27-2)20-21-11-16(12-22-20)19(25)23-5-7-28-8-6-23/h9-12H,3-8,13H2,1-2H3. The van der Waals surface area contributed by atoms with Crippen LogP contribution in [-0.4, -0.2) is 67.8 Å². The van der Waals surface area contributed by atoms with Gasteiger partial charge in [-0.15, -0.1) is 0 Å². The molecule has 0 radical (unpaired) electrons. The molecule has 0 aliphatic carbocycles. The number of carbonyl (C=O) groups is 1. The summed E-state index contributed by atoms with van der Waals surface area (Å²) in [4.78, 5) is 25.3. The van der Waals surface area contributed by atoms with Gasteiger partial charge in [-0.05, 0) is 29.7 Å². The van der Waals surface area contributed by atoms with Crippen molar-refractivity contribution in [3.8, 4) is 11.5 Å². The highest BCUT2D eigenvalue weighted by molar-refractivity contribution is 5.93. The fraction of sp³-hybridized carbons (Fsp3) is 0.450. The zero-order chi connectivity index (χ0) is 19.5. The lowest BCUT2D eigenvalue weighted by atomic mass is 9.99. The van der Waals surface area contributed by atoms with Crippen LogP contribution in [0, 0.1) is 0 Å². The van der Waals surface area contributed by atoms with Gasteiger partial charge in [0, 0.05) is 38.6 Å². The minimum Gasteiger partial charge on any atom is -0.493 e. The fourth-order valence-corrected chi connectivity index (χ4v) is 3.60. The number of ether oxygens (including phenoxy) is 3. The van der Waals surface area contributed by atoms with E-state index in [9.17, 15) is 4.79 Å². The molecule has 28 heavy (non-hydrogen) atoms. The van der Waals surface area contributed by atoms with Gasteiger partial charge in [-0.3, -0.25) is 4.79 Å². The molecule has 1 fully saturated rings. The molecule has 4 rings (SSSR count). The molecule has 0 unspecified atom stereocenters. The Morgan fingerprint density at radius 3 is 2.29 bits per heavy atom. The van der Waals surface area contributed by atoms with Crippen molar-refractivity contribution in [3.05, 3.63) is 41.2 Å². The SMILES string of the molecule is COc1cc2c(cc1OC)CN(c1ncc(C(=O)N3CCOCC3)cn1)CC2. The molecule has 148 valence electrons. The summed E-state index contributed by atoms with van der Waals surface area (Å²) >= 11 is 0. The van der Waals surface area contributed by atoms with E-state index >= 15 is 0 Å². The summed E-state index contributed by atoms with van der Waals surface area (Å²) in [7, 11) is 3.28. The lowest BCUT2D eigenvalue weighted by Gasteiger charge is -2.30. The maximum Gasteiger partial charge on any atom is 0.257 e. The molecule has 0 bridgehead atoms. The van der Waals surface area contributed by atoms with E-state index < -0.39 is 0 Å². The number of hydrogen-bond acceptors (Lipinski definition) is 7. The second-order valence-corrected chi connectivity index (χ2v) is 6.82. The van der Waals surface area contributed by atoms with Gasteiger partial charge in [-0.1, -0.05) is 0 Å². The molecule has 2 aromatic rings. The Bertz CT molecular complexity index is 850. The molecule has 8 nitrogen and oxygen atoms in total. The van der Waals surface area contributed by atoms with E-state index in [1.807, 2.05) is 12.1 Å². The average molecular weight is 384 g/mol. The molecule has 0 saturated carbocycles. The lowest BCUT2D eigenvalue weighted by molar-refractivity contribution is 0.0302. The summed E-state index contributed by atoms with van der Waals surface area (Å²) in [6, 6.07) is 4.05. The van der Waals surface area contributed by atoms with Gasteiger partial charge in [0.05, 0.1) is 33.0 Å². The van der Waals surface area contributed by atoms with Crippen LogP contribution in [0.5, 0.6) is 11.5 Å². The number of benzene rings is 1. The predicted molar refractivity (Wildman–Crippen MR) is 103 cm³/mol. The number of aromatic nitrogens is 2. The second kappa shape index (κ2) is 8.02. The van der Waals surface area contributed by atoms with Crippen LogP contribution in [0.4, 0.5) is 5.95 Å². The van der Waals surface area contributed by atoms with Crippen LogP contribution < -0.4 is 14.4 Å². The minimum absolute atomic E-state index is 0.0457. The Labute approximate surface area is 164 Å². The second-order valence-electron chi connectivity index (χ2n) is 6.82. The number of rotatable bonds is 4. The number of anilines is 1.